The van der Waals surface area contributed by atoms with Gasteiger partial charge in [-0.2, -0.15) is 0 Å². The van der Waals surface area contributed by atoms with Crippen LogP contribution in [0.15, 0.2) is 16.5 Å². The van der Waals surface area contributed by atoms with Crippen molar-refractivity contribution in [3.63, 3.8) is 0 Å². The molecule has 0 amide bonds. The Labute approximate surface area is 115 Å². The van der Waals surface area contributed by atoms with E-state index in [1.54, 1.807) is 20.9 Å². The van der Waals surface area contributed by atoms with Crippen molar-refractivity contribution in [2.75, 3.05) is 7.05 Å². The van der Waals surface area contributed by atoms with Gasteiger partial charge < -0.3 is 9.73 Å². The molecule has 20 heavy (non-hydrogen) atoms. The lowest BCUT2D eigenvalue weighted by Crippen LogP contribution is -2.21. The summed E-state index contributed by atoms with van der Waals surface area (Å²) in [5.41, 5.74) is 1.67. The molecule has 0 fully saturated rings. The standard InChI is InChI=1S/C15H16F3NO/c1-7-8(2)20-9(3)12(7)15(19-4)10-5-6-11(16)14(18)13(10)17/h5-6,15,19H,1-4H3. The first-order chi connectivity index (χ1) is 9.38. The van der Waals surface area contributed by atoms with E-state index in [-0.39, 0.29) is 5.56 Å². The Morgan fingerprint density at radius 2 is 1.65 bits per heavy atom. The van der Waals surface area contributed by atoms with E-state index < -0.39 is 23.5 Å². The Balaban J connectivity index is 2.62. The van der Waals surface area contributed by atoms with E-state index >= 15 is 0 Å². The molecule has 1 atom stereocenters. The van der Waals surface area contributed by atoms with Crippen LogP contribution in [0.2, 0.25) is 0 Å². The summed E-state index contributed by atoms with van der Waals surface area (Å²) in [4.78, 5) is 0. The normalized spacial score (nSPS) is 12.8. The fourth-order valence-electron chi connectivity index (χ4n) is 2.45. The van der Waals surface area contributed by atoms with Crippen molar-refractivity contribution in [3.05, 3.63) is 57.8 Å². The lowest BCUT2D eigenvalue weighted by Gasteiger charge is -2.18. The molecular weight excluding hydrogens is 267 g/mol. The number of benzene rings is 1. The van der Waals surface area contributed by atoms with Crippen LogP contribution in [0, 0.1) is 38.2 Å². The number of hydrogen-bond acceptors (Lipinski definition) is 2. The zero-order valence-corrected chi connectivity index (χ0v) is 11.8. The predicted octanol–water partition coefficient (Wildman–Crippen LogP) is 3.93. The van der Waals surface area contributed by atoms with Gasteiger partial charge in [0, 0.05) is 11.1 Å². The van der Waals surface area contributed by atoms with Crippen LogP contribution >= 0.6 is 0 Å². The molecule has 0 radical (unpaired) electrons. The summed E-state index contributed by atoms with van der Waals surface area (Å²) >= 11 is 0. The molecule has 2 aromatic rings. The Kier molecular flexibility index (Phi) is 3.90. The Hall–Kier alpha value is -1.75. The predicted molar refractivity (Wildman–Crippen MR) is 70.1 cm³/mol. The highest BCUT2D eigenvalue weighted by molar-refractivity contribution is 5.41. The summed E-state index contributed by atoms with van der Waals surface area (Å²) in [5.74, 6) is -2.48. The zero-order chi connectivity index (χ0) is 15.0. The highest BCUT2D eigenvalue weighted by atomic mass is 19.2. The lowest BCUT2D eigenvalue weighted by molar-refractivity contribution is 0.434. The molecule has 0 aliphatic heterocycles. The maximum absolute atomic E-state index is 14.0. The van der Waals surface area contributed by atoms with E-state index in [9.17, 15) is 13.2 Å². The van der Waals surface area contributed by atoms with Crippen LogP contribution in [0.3, 0.4) is 0 Å². The number of hydrogen-bond donors (Lipinski definition) is 1. The summed E-state index contributed by atoms with van der Waals surface area (Å²) in [6, 6.07) is 1.58. The smallest absolute Gasteiger partial charge is 0.194 e. The minimum atomic E-state index is -1.46. The third-order valence-corrected chi connectivity index (χ3v) is 3.57. The molecule has 1 heterocycles. The Bertz CT molecular complexity index is 649. The molecule has 108 valence electrons. The molecule has 1 aromatic heterocycles. The molecule has 0 saturated heterocycles. The van der Waals surface area contributed by atoms with Crippen molar-refractivity contribution in [1.82, 2.24) is 5.32 Å². The van der Waals surface area contributed by atoms with Crippen molar-refractivity contribution in [1.29, 1.82) is 0 Å². The second-order valence-electron chi connectivity index (χ2n) is 4.74. The third-order valence-electron chi connectivity index (χ3n) is 3.57. The number of aryl methyl sites for hydroxylation is 2. The minimum Gasteiger partial charge on any atom is -0.466 e. The molecule has 5 heteroatoms. The summed E-state index contributed by atoms with van der Waals surface area (Å²) in [7, 11) is 1.63. The van der Waals surface area contributed by atoms with Crippen molar-refractivity contribution in [2.24, 2.45) is 0 Å². The van der Waals surface area contributed by atoms with Gasteiger partial charge in [0.2, 0.25) is 0 Å². The van der Waals surface area contributed by atoms with Gasteiger partial charge in [0.25, 0.3) is 0 Å². The van der Waals surface area contributed by atoms with Crippen molar-refractivity contribution in [3.8, 4) is 0 Å². The van der Waals surface area contributed by atoms with Crippen LogP contribution < -0.4 is 5.32 Å². The summed E-state index contributed by atoms with van der Waals surface area (Å²) in [6.07, 6.45) is 0. The molecule has 0 spiro atoms. The van der Waals surface area contributed by atoms with Crippen LogP contribution in [0.25, 0.3) is 0 Å². The van der Waals surface area contributed by atoms with E-state index in [4.69, 9.17) is 4.42 Å². The van der Waals surface area contributed by atoms with E-state index in [2.05, 4.69) is 5.32 Å². The summed E-state index contributed by atoms with van der Waals surface area (Å²) in [5, 5.41) is 2.93. The molecule has 1 aromatic carbocycles. The Morgan fingerprint density at radius 1 is 1.00 bits per heavy atom. The van der Waals surface area contributed by atoms with Gasteiger partial charge >= 0.3 is 0 Å². The third kappa shape index (κ3) is 2.22. The van der Waals surface area contributed by atoms with Crippen molar-refractivity contribution in [2.45, 2.75) is 26.8 Å². The first-order valence-corrected chi connectivity index (χ1v) is 6.25. The van der Waals surface area contributed by atoms with Gasteiger partial charge in [-0.3, -0.25) is 0 Å². The summed E-state index contributed by atoms with van der Waals surface area (Å²) in [6.45, 7) is 5.42. The average Bonchev–Trinajstić information content (AvgIpc) is 2.65. The molecule has 1 unspecified atom stereocenters. The van der Waals surface area contributed by atoms with Crippen molar-refractivity contribution < 1.29 is 17.6 Å². The number of halogens is 3. The largest absolute Gasteiger partial charge is 0.466 e. The Morgan fingerprint density at radius 3 is 2.15 bits per heavy atom. The molecular formula is C15H16F3NO. The number of rotatable bonds is 3. The van der Waals surface area contributed by atoms with Gasteiger partial charge in [0.15, 0.2) is 17.5 Å². The topological polar surface area (TPSA) is 25.2 Å². The average molecular weight is 283 g/mol. The van der Waals surface area contributed by atoms with Crippen LogP contribution in [0.5, 0.6) is 0 Å². The molecule has 0 aliphatic rings. The van der Waals surface area contributed by atoms with E-state index in [1.807, 2.05) is 6.92 Å². The first kappa shape index (κ1) is 14.7. The van der Waals surface area contributed by atoms with E-state index in [0.717, 1.165) is 23.0 Å². The fourth-order valence-corrected chi connectivity index (χ4v) is 2.45. The molecule has 0 bridgehead atoms. The van der Waals surface area contributed by atoms with Crippen molar-refractivity contribution >= 4 is 0 Å². The minimum absolute atomic E-state index is 0.0541. The summed E-state index contributed by atoms with van der Waals surface area (Å²) < 4.78 is 45.9. The highest BCUT2D eigenvalue weighted by Gasteiger charge is 2.26. The highest BCUT2D eigenvalue weighted by Crippen LogP contribution is 2.33. The molecule has 2 rings (SSSR count). The van der Waals surface area contributed by atoms with Gasteiger partial charge in [-0.15, -0.1) is 0 Å². The second kappa shape index (κ2) is 5.32. The van der Waals surface area contributed by atoms with Crippen LogP contribution in [0.4, 0.5) is 13.2 Å². The van der Waals surface area contributed by atoms with Gasteiger partial charge in [0.05, 0.1) is 6.04 Å². The molecule has 2 nitrogen and oxygen atoms in total. The van der Waals surface area contributed by atoms with E-state index in [1.165, 1.54) is 6.07 Å². The fraction of sp³-hybridized carbons (Fsp3) is 0.333. The number of nitrogens with one attached hydrogen (secondary N) is 1. The number of furan rings is 1. The van der Waals surface area contributed by atoms with Crippen LogP contribution in [-0.2, 0) is 0 Å². The quantitative estimate of drug-likeness (QED) is 0.863. The molecule has 0 saturated carbocycles. The van der Waals surface area contributed by atoms with Crippen LogP contribution in [0.1, 0.15) is 34.3 Å². The maximum Gasteiger partial charge on any atom is 0.194 e. The molecule has 0 aliphatic carbocycles. The second-order valence-corrected chi connectivity index (χ2v) is 4.74. The van der Waals surface area contributed by atoms with Gasteiger partial charge in [-0.1, -0.05) is 6.07 Å². The van der Waals surface area contributed by atoms with E-state index in [0.29, 0.717) is 5.76 Å². The SMILES string of the molecule is CNC(c1ccc(F)c(F)c1F)c1c(C)oc(C)c1C. The zero-order valence-electron chi connectivity index (χ0n) is 11.8. The monoisotopic (exact) mass is 283 g/mol. The maximum atomic E-state index is 14.0. The van der Waals surface area contributed by atoms with Gasteiger partial charge in [0.1, 0.15) is 11.5 Å². The molecule has 1 N–H and O–H groups in total. The van der Waals surface area contributed by atoms with Gasteiger partial charge in [-0.05, 0) is 39.4 Å². The van der Waals surface area contributed by atoms with Crippen LogP contribution in [-0.4, -0.2) is 7.05 Å². The van der Waals surface area contributed by atoms with Gasteiger partial charge in [-0.25, -0.2) is 13.2 Å². The first-order valence-electron chi connectivity index (χ1n) is 6.25. The lowest BCUT2D eigenvalue weighted by atomic mass is 9.95.